The Labute approximate surface area is 139 Å². The molecule has 23 heavy (non-hydrogen) atoms. The molecule has 0 unspecified atom stereocenters. The molecule has 5 nitrogen and oxygen atoms in total. The number of ether oxygens (including phenoxy) is 1. The normalized spacial score (nSPS) is 11.0. The molecule has 0 heterocycles. The number of carbonyl (C=O) groups excluding carboxylic acids is 2. The molecule has 1 aromatic rings. The molecule has 1 rings (SSSR count). The van der Waals surface area contributed by atoms with Crippen LogP contribution in [-0.4, -0.2) is 44.0 Å². The summed E-state index contributed by atoms with van der Waals surface area (Å²) in [6.07, 6.45) is 0. The summed E-state index contributed by atoms with van der Waals surface area (Å²) in [7, 11) is 4.00. The van der Waals surface area contributed by atoms with Gasteiger partial charge in [-0.05, 0) is 50.2 Å². The molecule has 0 aliphatic heterocycles. The maximum Gasteiger partial charge on any atom is 0.230 e. The lowest BCUT2D eigenvalue weighted by molar-refractivity contribution is -0.124. The highest BCUT2D eigenvalue weighted by atomic mass is 16.5. The van der Waals surface area contributed by atoms with Gasteiger partial charge in [0.1, 0.15) is 12.4 Å². The Kier molecular flexibility index (Phi) is 6.76. The minimum Gasteiger partial charge on any atom is -0.492 e. The highest BCUT2D eigenvalue weighted by molar-refractivity contribution is 6.13. The van der Waals surface area contributed by atoms with Crippen molar-refractivity contribution < 1.29 is 14.3 Å². The van der Waals surface area contributed by atoms with E-state index in [9.17, 15) is 9.59 Å². The van der Waals surface area contributed by atoms with E-state index >= 15 is 0 Å². The first kappa shape index (κ1) is 19.2. The molecule has 5 heteroatoms. The van der Waals surface area contributed by atoms with Gasteiger partial charge in [0, 0.05) is 20.4 Å². The zero-order valence-corrected chi connectivity index (χ0v) is 15.3. The molecule has 128 valence electrons. The van der Waals surface area contributed by atoms with Crippen molar-refractivity contribution in [2.75, 3.05) is 32.1 Å². The zero-order chi connectivity index (χ0) is 17.7. The van der Waals surface area contributed by atoms with Crippen LogP contribution in [0.1, 0.15) is 44.7 Å². The van der Waals surface area contributed by atoms with E-state index in [1.807, 2.05) is 33.2 Å². The third-order valence-corrected chi connectivity index (χ3v) is 3.62. The van der Waals surface area contributed by atoms with Crippen LogP contribution in [0.4, 0.5) is 5.69 Å². The fourth-order valence-electron chi connectivity index (χ4n) is 2.40. The lowest BCUT2D eigenvalue weighted by Crippen LogP contribution is -2.33. The highest BCUT2D eigenvalue weighted by Crippen LogP contribution is 2.34. The van der Waals surface area contributed by atoms with Crippen LogP contribution in [-0.2, 0) is 9.59 Å². The van der Waals surface area contributed by atoms with Crippen molar-refractivity contribution in [3.05, 3.63) is 23.3 Å². The molecular formula is C18H28N2O3. The van der Waals surface area contributed by atoms with Crippen molar-refractivity contribution in [1.29, 1.82) is 0 Å². The first-order valence-corrected chi connectivity index (χ1v) is 7.88. The van der Waals surface area contributed by atoms with E-state index in [1.54, 1.807) is 0 Å². The molecule has 0 aliphatic carbocycles. The quantitative estimate of drug-likeness (QED) is 0.808. The maximum atomic E-state index is 11.8. The van der Waals surface area contributed by atoms with Crippen LogP contribution in [0.5, 0.6) is 5.75 Å². The molecule has 0 N–H and O–H groups in total. The summed E-state index contributed by atoms with van der Waals surface area (Å²) in [4.78, 5) is 26.9. The van der Waals surface area contributed by atoms with Gasteiger partial charge in [-0.25, -0.2) is 0 Å². The van der Waals surface area contributed by atoms with Crippen molar-refractivity contribution in [3.8, 4) is 5.75 Å². The van der Waals surface area contributed by atoms with Crippen LogP contribution in [0.3, 0.4) is 0 Å². The number of imide groups is 1. The number of likely N-dealkylation sites (N-methyl/N-ethyl adjacent to an activating group) is 1. The second-order valence-electron chi connectivity index (χ2n) is 6.36. The molecule has 1 aromatic carbocycles. The average molecular weight is 320 g/mol. The first-order chi connectivity index (χ1) is 10.6. The van der Waals surface area contributed by atoms with E-state index in [2.05, 4.69) is 18.7 Å². The molecule has 0 bridgehead atoms. The van der Waals surface area contributed by atoms with Gasteiger partial charge >= 0.3 is 0 Å². The molecule has 0 saturated carbocycles. The van der Waals surface area contributed by atoms with Gasteiger partial charge in [0.15, 0.2) is 0 Å². The average Bonchev–Trinajstić information content (AvgIpc) is 2.39. The summed E-state index contributed by atoms with van der Waals surface area (Å²) >= 11 is 0. The monoisotopic (exact) mass is 320 g/mol. The smallest absolute Gasteiger partial charge is 0.230 e. The molecule has 0 atom stereocenters. The van der Waals surface area contributed by atoms with E-state index in [0.29, 0.717) is 12.3 Å². The van der Waals surface area contributed by atoms with Gasteiger partial charge in [0.2, 0.25) is 11.8 Å². The van der Waals surface area contributed by atoms with Gasteiger partial charge in [-0.15, -0.1) is 0 Å². The Hall–Kier alpha value is -1.88. The Morgan fingerprint density at radius 2 is 1.70 bits per heavy atom. The summed E-state index contributed by atoms with van der Waals surface area (Å²) < 4.78 is 5.92. The third kappa shape index (κ3) is 5.06. The van der Waals surface area contributed by atoms with Crippen LogP contribution in [0.25, 0.3) is 0 Å². The van der Waals surface area contributed by atoms with Crippen LogP contribution >= 0.6 is 0 Å². The summed E-state index contributed by atoms with van der Waals surface area (Å²) in [5.41, 5.74) is 2.48. The standard InChI is InChI=1S/C18H28N2O3/c1-12(2)16-11-17(20(14(4)21)15(5)22)13(3)10-18(16)23-9-8-19(6)7/h10-12H,8-9H2,1-7H3. The van der Waals surface area contributed by atoms with E-state index in [4.69, 9.17) is 4.74 Å². The Morgan fingerprint density at radius 3 is 2.13 bits per heavy atom. The molecule has 0 aliphatic rings. The number of hydrogen-bond donors (Lipinski definition) is 0. The fraction of sp³-hybridized carbons (Fsp3) is 0.556. The van der Waals surface area contributed by atoms with E-state index in [0.717, 1.165) is 23.4 Å². The first-order valence-electron chi connectivity index (χ1n) is 7.88. The SMILES string of the molecule is CC(=O)N(C(C)=O)c1cc(C(C)C)c(OCCN(C)C)cc1C. The summed E-state index contributed by atoms with van der Waals surface area (Å²) in [6.45, 7) is 10.2. The van der Waals surface area contributed by atoms with E-state index < -0.39 is 0 Å². The van der Waals surface area contributed by atoms with Crippen LogP contribution in [0.15, 0.2) is 12.1 Å². The molecule has 0 fully saturated rings. The third-order valence-electron chi connectivity index (χ3n) is 3.62. The van der Waals surface area contributed by atoms with Crippen molar-refractivity contribution in [2.45, 2.75) is 40.5 Å². The van der Waals surface area contributed by atoms with Gasteiger partial charge in [-0.1, -0.05) is 13.8 Å². The van der Waals surface area contributed by atoms with Crippen LogP contribution < -0.4 is 9.64 Å². The Bertz CT molecular complexity index is 566. The molecule has 2 amide bonds. The minimum absolute atomic E-state index is 0.226. The summed E-state index contributed by atoms with van der Waals surface area (Å²) in [5.74, 6) is 0.479. The second kappa shape index (κ2) is 8.11. The Balaban J connectivity index is 3.24. The largest absolute Gasteiger partial charge is 0.492 e. The van der Waals surface area contributed by atoms with Gasteiger partial charge < -0.3 is 9.64 Å². The number of anilines is 1. The molecule has 0 aromatic heterocycles. The number of aryl methyl sites for hydroxylation is 1. The van der Waals surface area contributed by atoms with Gasteiger partial charge in [-0.3, -0.25) is 14.5 Å². The lowest BCUT2D eigenvalue weighted by atomic mass is 9.98. The van der Waals surface area contributed by atoms with Crippen molar-refractivity contribution in [2.24, 2.45) is 0 Å². The predicted octanol–water partition coefficient (Wildman–Crippen LogP) is 2.96. The molecule has 0 saturated heterocycles. The topological polar surface area (TPSA) is 49.9 Å². The van der Waals surface area contributed by atoms with E-state index in [-0.39, 0.29) is 17.7 Å². The number of nitrogens with zero attached hydrogens (tertiary/aromatic N) is 2. The molecular weight excluding hydrogens is 292 g/mol. The second-order valence-corrected chi connectivity index (χ2v) is 6.36. The van der Waals surface area contributed by atoms with Gasteiger partial charge in [0.05, 0.1) is 5.69 Å². The van der Waals surface area contributed by atoms with Gasteiger partial charge in [-0.2, -0.15) is 0 Å². The highest BCUT2D eigenvalue weighted by Gasteiger charge is 2.21. The van der Waals surface area contributed by atoms with Crippen molar-refractivity contribution in [1.82, 2.24) is 4.90 Å². The number of benzene rings is 1. The number of rotatable bonds is 6. The number of amides is 2. The number of hydrogen-bond acceptors (Lipinski definition) is 4. The lowest BCUT2D eigenvalue weighted by Gasteiger charge is -2.23. The van der Waals surface area contributed by atoms with E-state index in [1.165, 1.54) is 18.7 Å². The number of carbonyl (C=O) groups is 2. The van der Waals surface area contributed by atoms with Gasteiger partial charge in [0.25, 0.3) is 0 Å². The van der Waals surface area contributed by atoms with Crippen molar-refractivity contribution in [3.63, 3.8) is 0 Å². The summed E-state index contributed by atoms with van der Waals surface area (Å²) in [6, 6.07) is 3.81. The maximum absolute atomic E-state index is 11.8. The zero-order valence-electron chi connectivity index (χ0n) is 15.3. The Morgan fingerprint density at radius 1 is 1.13 bits per heavy atom. The molecule has 0 spiro atoms. The van der Waals surface area contributed by atoms with Crippen LogP contribution in [0, 0.1) is 6.92 Å². The van der Waals surface area contributed by atoms with Crippen LogP contribution in [0.2, 0.25) is 0 Å². The molecule has 0 radical (unpaired) electrons. The predicted molar refractivity (Wildman–Crippen MR) is 93.2 cm³/mol. The fourth-order valence-corrected chi connectivity index (χ4v) is 2.40. The minimum atomic E-state index is -0.281. The van der Waals surface area contributed by atoms with Crippen molar-refractivity contribution >= 4 is 17.5 Å². The summed E-state index contributed by atoms with van der Waals surface area (Å²) in [5, 5.41) is 0.